The maximum Gasteiger partial charge on any atom is 0.106 e. The van der Waals surface area contributed by atoms with Crippen molar-refractivity contribution in [1.29, 1.82) is 0 Å². The molecule has 1 fully saturated rings. The van der Waals surface area contributed by atoms with Crippen LogP contribution in [0.4, 0.5) is 5.69 Å². The Morgan fingerprint density at radius 2 is 2.21 bits per heavy atom. The van der Waals surface area contributed by atoms with Gasteiger partial charge in [0.05, 0.1) is 10.6 Å². The normalized spacial score (nSPS) is 24.2. The van der Waals surface area contributed by atoms with E-state index in [1.54, 1.807) is 0 Å². The summed E-state index contributed by atoms with van der Waals surface area (Å²) in [5, 5.41) is 0. The van der Waals surface area contributed by atoms with Crippen molar-refractivity contribution in [2.24, 2.45) is 4.99 Å². The zero-order chi connectivity index (χ0) is 9.54. The van der Waals surface area contributed by atoms with Crippen molar-refractivity contribution in [3.05, 3.63) is 29.8 Å². The Hall–Kier alpha value is -0.830. The Morgan fingerprint density at radius 1 is 1.36 bits per heavy atom. The number of rotatable bonds is 0. The lowest BCUT2D eigenvalue weighted by Gasteiger charge is -2.27. The first kappa shape index (κ1) is 8.48. The molecule has 3 rings (SSSR count). The van der Waals surface area contributed by atoms with Crippen molar-refractivity contribution in [1.82, 2.24) is 4.90 Å². The molecule has 2 nitrogen and oxygen atoms in total. The SMILES string of the molecule is BrC1CCC2=Nc3ccccc3CN21. The first-order valence-corrected chi connectivity index (χ1v) is 5.82. The van der Waals surface area contributed by atoms with E-state index >= 15 is 0 Å². The summed E-state index contributed by atoms with van der Waals surface area (Å²) in [5.41, 5.74) is 2.49. The summed E-state index contributed by atoms with van der Waals surface area (Å²) in [4.78, 5) is 7.50. The average molecular weight is 251 g/mol. The fourth-order valence-corrected chi connectivity index (χ4v) is 2.71. The van der Waals surface area contributed by atoms with Crippen LogP contribution >= 0.6 is 15.9 Å². The first-order chi connectivity index (χ1) is 6.84. The number of amidine groups is 1. The van der Waals surface area contributed by atoms with Crippen LogP contribution in [0.15, 0.2) is 29.3 Å². The Kier molecular flexibility index (Phi) is 1.87. The van der Waals surface area contributed by atoms with E-state index in [0.717, 1.165) is 18.7 Å². The maximum atomic E-state index is 4.67. The molecule has 2 aliphatic rings. The Balaban J connectivity index is 2.07. The quantitative estimate of drug-likeness (QED) is 0.511. The molecular weight excluding hydrogens is 240 g/mol. The molecule has 0 N–H and O–H groups in total. The van der Waals surface area contributed by atoms with E-state index in [1.165, 1.54) is 17.8 Å². The largest absolute Gasteiger partial charge is 0.343 e. The molecule has 0 spiro atoms. The molecule has 0 aliphatic carbocycles. The molecule has 1 atom stereocenters. The van der Waals surface area contributed by atoms with Crippen LogP contribution in [0.5, 0.6) is 0 Å². The first-order valence-electron chi connectivity index (χ1n) is 4.91. The van der Waals surface area contributed by atoms with Gasteiger partial charge in [0.1, 0.15) is 5.84 Å². The van der Waals surface area contributed by atoms with Crippen molar-refractivity contribution in [2.75, 3.05) is 0 Å². The molecular formula is C11H11BrN2. The summed E-state index contributed by atoms with van der Waals surface area (Å²) >= 11 is 3.68. The highest BCUT2D eigenvalue weighted by Gasteiger charge is 2.30. The third kappa shape index (κ3) is 1.19. The molecule has 1 saturated heterocycles. The minimum absolute atomic E-state index is 0.481. The van der Waals surface area contributed by atoms with Crippen molar-refractivity contribution in [3.8, 4) is 0 Å². The van der Waals surface area contributed by atoms with Crippen LogP contribution in [0.3, 0.4) is 0 Å². The number of nitrogens with zero attached hydrogens (tertiary/aromatic N) is 2. The molecule has 0 amide bonds. The summed E-state index contributed by atoms with van der Waals surface area (Å²) in [6.07, 6.45) is 2.27. The van der Waals surface area contributed by atoms with Crippen molar-refractivity contribution < 1.29 is 0 Å². The van der Waals surface area contributed by atoms with Gasteiger partial charge in [0.2, 0.25) is 0 Å². The molecule has 2 heterocycles. The summed E-state index contributed by atoms with van der Waals surface area (Å²) in [5.74, 6) is 1.24. The average Bonchev–Trinajstić information content (AvgIpc) is 2.57. The van der Waals surface area contributed by atoms with Gasteiger partial charge in [0, 0.05) is 13.0 Å². The van der Waals surface area contributed by atoms with Gasteiger partial charge in [0.25, 0.3) is 0 Å². The van der Waals surface area contributed by atoms with Gasteiger partial charge < -0.3 is 4.90 Å². The van der Waals surface area contributed by atoms with Crippen LogP contribution in [0.2, 0.25) is 0 Å². The topological polar surface area (TPSA) is 15.6 Å². The van der Waals surface area contributed by atoms with E-state index in [1.807, 2.05) is 0 Å². The molecule has 0 saturated carbocycles. The monoisotopic (exact) mass is 250 g/mol. The number of fused-ring (bicyclic) bond motifs is 2. The van der Waals surface area contributed by atoms with Gasteiger partial charge in [-0.05, 0) is 18.1 Å². The van der Waals surface area contributed by atoms with Gasteiger partial charge in [-0.3, -0.25) is 0 Å². The lowest BCUT2D eigenvalue weighted by atomic mass is 10.1. The van der Waals surface area contributed by atoms with Crippen molar-refractivity contribution in [2.45, 2.75) is 24.3 Å². The zero-order valence-corrected chi connectivity index (χ0v) is 9.37. The fraction of sp³-hybridized carbons (Fsp3) is 0.364. The Morgan fingerprint density at radius 3 is 3.14 bits per heavy atom. The highest BCUT2D eigenvalue weighted by molar-refractivity contribution is 9.09. The highest BCUT2D eigenvalue weighted by atomic mass is 79.9. The van der Waals surface area contributed by atoms with Gasteiger partial charge in [-0.2, -0.15) is 0 Å². The van der Waals surface area contributed by atoms with E-state index in [4.69, 9.17) is 0 Å². The van der Waals surface area contributed by atoms with Gasteiger partial charge in [-0.25, -0.2) is 4.99 Å². The predicted molar refractivity (Wildman–Crippen MR) is 61.0 cm³/mol. The minimum atomic E-state index is 0.481. The van der Waals surface area contributed by atoms with Gasteiger partial charge in [-0.1, -0.05) is 34.1 Å². The van der Waals surface area contributed by atoms with Crippen LogP contribution in [0.1, 0.15) is 18.4 Å². The summed E-state index contributed by atoms with van der Waals surface area (Å²) in [6.45, 7) is 1.00. The van der Waals surface area contributed by atoms with E-state index in [0.29, 0.717) is 4.95 Å². The van der Waals surface area contributed by atoms with Gasteiger partial charge in [-0.15, -0.1) is 0 Å². The molecule has 72 valence electrons. The number of benzene rings is 1. The summed E-state index contributed by atoms with van der Waals surface area (Å²) < 4.78 is 0. The molecule has 1 aromatic rings. The van der Waals surface area contributed by atoms with Crippen LogP contribution in [-0.2, 0) is 6.54 Å². The molecule has 0 bridgehead atoms. The van der Waals surface area contributed by atoms with Crippen molar-refractivity contribution >= 4 is 27.5 Å². The molecule has 2 aliphatic heterocycles. The standard InChI is InChI=1S/C11H11BrN2/c12-10-5-6-11-13-9-4-2-1-3-8(9)7-14(10)11/h1-4,10H,5-7H2. The molecule has 0 radical (unpaired) electrons. The van der Waals surface area contributed by atoms with Crippen LogP contribution in [0.25, 0.3) is 0 Å². The number of hydrogen-bond acceptors (Lipinski definition) is 2. The second kappa shape index (κ2) is 3.09. The molecule has 14 heavy (non-hydrogen) atoms. The van der Waals surface area contributed by atoms with E-state index in [9.17, 15) is 0 Å². The highest BCUT2D eigenvalue weighted by Crippen LogP contribution is 2.34. The number of alkyl halides is 1. The molecule has 1 unspecified atom stereocenters. The fourth-order valence-electron chi connectivity index (χ4n) is 2.10. The van der Waals surface area contributed by atoms with Gasteiger partial charge in [0.15, 0.2) is 0 Å². The molecule has 0 aromatic heterocycles. The number of aliphatic imine (C=N–C) groups is 1. The summed E-state index contributed by atoms with van der Waals surface area (Å²) in [7, 11) is 0. The Bertz CT molecular complexity index is 400. The van der Waals surface area contributed by atoms with E-state index < -0.39 is 0 Å². The van der Waals surface area contributed by atoms with E-state index in [-0.39, 0.29) is 0 Å². The third-order valence-electron chi connectivity index (χ3n) is 2.86. The van der Waals surface area contributed by atoms with E-state index in [2.05, 4.69) is 50.1 Å². The van der Waals surface area contributed by atoms with Crippen molar-refractivity contribution in [3.63, 3.8) is 0 Å². The second-order valence-electron chi connectivity index (χ2n) is 3.76. The predicted octanol–water partition coefficient (Wildman–Crippen LogP) is 3.05. The third-order valence-corrected chi connectivity index (χ3v) is 3.81. The lowest BCUT2D eigenvalue weighted by Crippen LogP contribution is -2.30. The number of halogens is 1. The van der Waals surface area contributed by atoms with Crippen LogP contribution in [-0.4, -0.2) is 15.7 Å². The Labute approximate surface area is 91.8 Å². The molecule has 1 aromatic carbocycles. The number of hydrogen-bond donors (Lipinski definition) is 0. The number of para-hydroxylation sites is 1. The smallest absolute Gasteiger partial charge is 0.106 e. The minimum Gasteiger partial charge on any atom is -0.343 e. The zero-order valence-electron chi connectivity index (χ0n) is 7.78. The summed E-state index contributed by atoms with van der Waals surface area (Å²) in [6, 6.07) is 8.40. The van der Waals surface area contributed by atoms with Crippen LogP contribution in [0, 0.1) is 0 Å². The lowest BCUT2D eigenvalue weighted by molar-refractivity contribution is 0.419. The maximum absolute atomic E-state index is 4.67. The second-order valence-corrected chi connectivity index (χ2v) is 4.81. The van der Waals surface area contributed by atoms with Crippen LogP contribution < -0.4 is 0 Å². The van der Waals surface area contributed by atoms with Gasteiger partial charge >= 0.3 is 0 Å². The molecule has 3 heteroatoms.